The van der Waals surface area contributed by atoms with E-state index in [4.69, 9.17) is 27.4 Å². The molecule has 1 saturated heterocycles. The Morgan fingerprint density at radius 2 is 1.91 bits per heavy atom. The SMILES string of the molecule is NC(=O)N1CCOCC1.O=C(O)[C@H](Cc1ccccc1)NCl. The Kier molecular flexibility index (Phi) is 8.27. The Labute approximate surface area is 134 Å². The summed E-state index contributed by atoms with van der Waals surface area (Å²) in [6, 6.07) is 8.26. The van der Waals surface area contributed by atoms with Gasteiger partial charge in [-0.2, -0.15) is 0 Å². The molecule has 0 spiro atoms. The van der Waals surface area contributed by atoms with E-state index in [0.29, 0.717) is 32.7 Å². The predicted molar refractivity (Wildman–Crippen MR) is 82.5 cm³/mol. The van der Waals surface area contributed by atoms with Crippen LogP contribution in [0.3, 0.4) is 0 Å². The van der Waals surface area contributed by atoms with Gasteiger partial charge < -0.3 is 20.5 Å². The zero-order valence-corrected chi connectivity index (χ0v) is 12.8. The topological polar surface area (TPSA) is 105 Å². The van der Waals surface area contributed by atoms with Crippen LogP contribution in [-0.4, -0.2) is 54.4 Å². The number of primary amides is 1. The molecule has 4 N–H and O–H groups in total. The summed E-state index contributed by atoms with van der Waals surface area (Å²) in [4.78, 5) is 24.8. The third-order valence-electron chi connectivity index (χ3n) is 3.04. The highest BCUT2D eigenvalue weighted by molar-refractivity contribution is 6.14. The molecule has 0 radical (unpaired) electrons. The summed E-state index contributed by atoms with van der Waals surface area (Å²) < 4.78 is 5.00. The van der Waals surface area contributed by atoms with Crippen LogP contribution in [0.5, 0.6) is 0 Å². The van der Waals surface area contributed by atoms with Crippen LogP contribution in [0.15, 0.2) is 30.3 Å². The quantitative estimate of drug-likeness (QED) is 0.709. The van der Waals surface area contributed by atoms with Gasteiger partial charge in [-0.1, -0.05) is 30.3 Å². The zero-order chi connectivity index (χ0) is 16.4. The third-order valence-corrected chi connectivity index (χ3v) is 3.30. The first-order chi connectivity index (χ1) is 10.5. The van der Waals surface area contributed by atoms with Gasteiger partial charge >= 0.3 is 12.0 Å². The highest BCUT2D eigenvalue weighted by Crippen LogP contribution is 2.03. The van der Waals surface area contributed by atoms with E-state index in [2.05, 4.69) is 4.84 Å². The first-order valence-electron chi connectivity index (χ1n) is 6.79. The Morgan fingerprint density at radius 3 is 2.32 bits per heavy atom. The molecule has 1 aliphatic heterocycles. The van der Waals surface area contributed by atoms with E-state index in [0.717, 1.165) is 5.56 Å². The van der Waals surface area contributed by atoms with E-state index in [1.54, 1.807) is 4.90 Å². The van der Waals surface area contributed by atoms with Crippen molar-refractivity contribution in [1.29, 1.82) is 0 Å². The second-order valence-corrected chi connectivity index (χ2v) is 4.85. The first-order valence-corrected chi connectivity index (χ1v) is 7.17. The number of amides is 2. The summed E-state index contributed by atoms with van der Waals surface area (Å²) in [6.45, 7) is 2.50. The fourth-order valence-electron chi connectivity index (χ4n) is 1.81. The molecule has 1 aromatic carbocycles. The number of carboxylic acid groups (broad SMARTS) is 1. The number of urea groups is 1. The van der Waals surface area contributed by atoms with Crippen LogP contribution in [0.4, 0.5) is 4.79 Å². The number of nitrogens with zero attached hydrogens (tertiary/aromatic N) is 1. The predicted octanol–water partition coefficient (Wildman–Crippen LogP) is 0.823. The van der Waals surface area contributed by atoms with Gasteiger partial charge in [0.1, 0.15) is 6.04 Å². The molecular formula is C14H20ClN3O4. The van der Waals surface area contributed by atoms with Crippen molar-refractivity contribution in [2.75, 3.05) is 26.3 Å². The molecule has 8 heteroatoms. The number of nitrogens with two attached hydrogens (primary N) is 1. The van der Waals surface area contributed by atoms with Crippen LogP contribution in [0.1, 0.15) is 5.56 Å². The smallest absolute Gasteiger partial charge is 0.322 e. The minimum absolute atomic E-state index is 0.349. The number of hydrogen-bond acceptors (Lipinski definition) is 4. The molecule has 22 heavy (non-hydrogen) atoms. The summed E-state index contributed by atoms with van der Waals surface area (Å²) in [5.41, 5.74) is 5.95. The number of ether oxygens (including phenoxy) is 1. The minimum atomic E-state index is -0.946. The van der Waals surface area contributed by atoms with Crippen LogP contribution >= 0.6 is 11.8 Å². The number of aliphatic carboxylic acids is 1. The van der Waals surface area contributed by atoms with Crippen LogP contribution in [0.25, 0.3) is 0 Å². The molecule has 0 unspecified atom stereocenters. The lowest BCUT2D eigenvalue weighted by atomic mass is 10.1. The lowest BCUT2D eigenvalue weighted by molar-refractivity contribution is -0.138. The van der Waals surface area contributed by atoms with E-state index < -0.39 is 12.0 Å². The van der Waals surface area contributed by atoms with Crippen LogP contribution in [0.2, 0.25) is 0 Å². The van der Waals surface area contributed by atoms with Crippen molar-refractivity contribution in [3.05, 3.63) is 35.9 Å². The average molecular weight is 330 g/mol. The zero-order valence-electron chi connectivity index (χ0n) is 12.1. The average Bonchev–Trinajstić information content (AvgIpc) is 2.54. The molecular weight excluding hydrogens is 310 g/mol. The van der Waals surface area contributed by atoms with Crippen molar-refractivity contribution < 1.29 is 19.4 Å². The number of morpholine rings is 1. The second-order valence-electron chi connectivity index (χ2n) is 4.63. The third kappa shape index (κ3) is 6.75. The Hall–Kier alpha value is -1.83. The Bertz CT molecular complexity index is 466. The molecule has 1 aromatic rings. The molecule has 7 nitrogen and oxygen atoms in total. The maximum Gasteiger partial charge on any atom is 0.322 e. The van der Waals surface area contributed by atoms with Crippen molar-refractivity contribution in [3.8, 4) is 0 Å². The molecule has 1 heterocycles. The maximum atomic E-state index is 10.6. The molecule has 1 fully saturated rings. The minimum Gasteiger partial charge on any atom is -0.480 e. The molecule has 0 aliphatic carbocycles. The molecule has 122 valence electrons. The van der Waals surface area contributed by atoms with Gasteiger partial charge in [0.15, 0.2) is 0 Å². The fraction of sp³-hybridized carbons (Fsp3) is 0.429. The van der Waals surface area contributed by atoms with E-state index >= 15 is 0 Å². The maximum absolute atomic E-state index is 10.6. The van der Waals surface area contributed by atoms with Gasteiger partial charge in [0.25, 0.3) is 0 Å². The number of halogens is 1. The van der Waals surface area contributed by atoms with Gasteiger partial charge in [0.05, 0.1) is 13.2 Å². The van der Waals surface area contributed by atoms with Gasteiger partial charge in [-0.15, -0.1) is 0 Å². The van der Waals surface area contributed by atoms with Crippen molar-refractivity contribution in [1.82, 2.24) is 9.74 Å². The largest absolute Gasteiger partial charge is 0.480 e. The lowest BCUT2D eigenvalue weighted by Crippen LogP contribution is -2.43. The van der Waals surface area contributed by atoms with Gasteiger partial charge in [-0.25, -0.2) is 9.63 Å². The second kappa shape index (κ2) is 9.99. The lowest BCUT2D eigenvalue weighted by Gasteiger charge is -2.24. The summed E-state index contributed by atoms with van der Waals surface area (Å²) in [6.07, 6.45) is 0.389. The molecule has 0 saturated carbocycles. The van der Waals surface area contributed by atoms with Gasteiger partial charge in [0, 0.05) is 13.1 Å². The number of benzene rings is 1. The molecule has 1 aliphatic rings. The number of hydrogen-bond donors (Lipinski definition) is 3. The monoisotopic (exact) mass is 329 g/mol. The van der Waals surface area contributed by atoms with Gasteiger partial charge in [-0.3, -0.25) is 4.79 Å². The highest BCUT2D eigenvalue weighted by Gasteiger charge is 2.15. The number of carboxylic acids is 1. The Balaban J connectivity index is 0.000000235. The summed E-state index contributed by atoms with van der Waals surface area (Å²) >= 11 is 5.28. The number of carbonyl (C=O) groups excluding carboxylic acids is 1. The van der Waals surface area contributed by atoms with Crippen molar-refractivity contribution >= 4 is 23.8 Å². The van der Waals surface area contributed by atoms with Gasteiger partial charge in [-0.05, 0) is 23.8 Å². The molecule has 1 atom stereocenters. The molecule has 0 bridgehead atoms. The van der Waals surface area contributed by atoms with Crippen LogP contribution in [0, 0.1) is 0 Å². The molecule has 2 rings (SSSR count). The van der Waals surface area contributed by atoms with Crippen LogP contribution in [-0.2, 0) is 16.0 Å². The number of nitrogens with one attached hydrogen (secondary N) is 1. The standard InChI is InChI=1S/C9H10ClNO2.C5H10N2O2/c10-11-8(9(12)13)6-7-4-2-1-3-5-7;6-5(8)7-1-3-9-4-2-7/h1-5,8,11H,6H2,(H,12,13);1-4H2,(H2,6,8)/t8-;/m0./s1. The van der Waals surface area contributed by atoms with Crippen LogP contribution < -0.4 is 10.6 Å². The first kappa shape index (κ1) is 18.2. The summed E-state index contributed by atoms with van der Waals surface area (Å²) in [5, 5.41) is 8.69. The van der Waals surface area contributed by atoms with Crippen molar-refractivity contribution in [2.24, 2.45) is 5.73 Å². The van der Waals surface area contributed by atoms with E-state index in [1.165, 1.54) is 0 Å². The molecule has 0 aromatic heterocycles. The molecule has 2 amide bonds. The van der Waals surface area contributed by atoms with E-state index in [-0.39, 0.29) is 6.03 Å². The number of rotatable bonds is 4. The summed E-state index contributed by atoms with van der Waals surface area (Å²) in [7, 11) is 0. The summed E-state index contributed by atoms with van der Waals surface area (Å²) in [5.74, 6) is -0.946. The fourth-order valence-corrected chi connectivity index (χ4v) is 1.98. The van der Waals surface area contributed by atoms with Crippen molar-refractivity contribution in [2.45, 2.75) is 12.5 Å². The number of carbonyl (C=O) groups is 2. The Morgan fingerprint density at radius 1 is 1.32 bits per heavy atom. The van der Waals surface area contributed by atoms with E-state index in [1.807, 2.05) is 30.3 Å². The van der Waals surface area contributed by atoms with E-state index in [9.17, 15) is 9.59 Å². The van der Waals surface area contributed by atoms with Crippen molar-refractivity contribution in [3.63, 3.8) is 0 Å². The van der Waals surface area contributed by atoms with Gasteiger partial charge in [0.2, 0.25) is 0 Å². The highest BCUT2D eigenvalue weighted by atomic mass is 35.5. The normalized spacial score (nSPS) is 15.4.